The number of aryl methyl sites for hydroxylation is 1. The van der Waals surface area contributed by atoms with Crippen molar-refractivity contribution in [1.29, 1.82) is 0 Å². The fourth-order valence-electron chi connectivity index (χ4n) is 1.93. The van der Waals surface area contributed by atoms with E-state index >= 15 is 0 Å². The van der Waals surface area contributed by atoms with Crippen LogP contribution in [0.15, 0.2) is 39.8 Å². The molecular weight excluding hydrogens is 344 g/mol. The van der Waals surface area contributed by atoms with Crippen molar-refractivity contribution in [3.05, 3.63) is 41.7 Å². The Morgan fingerprint density at radius 3 is 2.56 bits per heavy atom. The van der Waals surface area contributed by atoms with Gasteiger partial charge in [-0.15, -0.1) is 11.8 Å². The molecule has 8 heteroatoms. The highest BCUT2D eigenvalue weighted by Crippen LogP contribution is 2.15. The van der Waals surface area contributed by atoms with Crippen LogP contribution in [0.1, 0.15) is 11.3 Å². The van der Waals surface area contributed by atoms with Gasteiger partial charge < -0.3 is 18.9 Å². The zero-order valence-electron chi connectivity index (χ0n) is 14.4. The molecule has 0 aliphatic rings. The first-order chi connectivity index (χ1) is 12.0. The standard InChI is InChI=1S/C17H20N2O5S/c1-12-8-15(18-24-12)22-11-17(21)23-10-16(20)19(2)9-13-4-6-14(25-3)7-5-13/h4-8H,9-11H2,1-3H3. The van der Waals surface area contributed by atoms with Gasteiger partial charge >= 0.3 is 5.97 Å². The van der Waals surface area contributed by atoms with Crippen molar-refractivity contribution in [2.75, 3.05) is 26.5 Å². The Hall–Kier alpha value is -2.48. The second-order valence-electron chi connectivity index (χ2n) is 5.32. The van der Waals surface area contributed by atoms with Crippen LogP contribution in [0.2, 0.25) is 0 Å². The van der Waals surface area contributed by atoms with Gasteiger partial charge in [-0.2, -0.15) is 0 Å². The van der Waals surface area contributed by atoms with E-state index in [1.807, 2.05) is 30.5 Å². The molecule has 0 atom stereocenters. The largest absolute Gasteiger partial charge is 0.463 e. The van der Waals surface area contributed by atoms with Crippen molar-refractivity contribution in [3.8, 4) is 5.88 Å². The number of carbonyl (C=O) groups is 2. The molecule has 0 saturated carbocycles. The molecule has 0 radical (unpaired) electrons. The molecule has 1 amide bonds. The number of carbonyl (C=O) groups excluding carboxylic acids is 2. The lowest BCUT2D eigenvalue weighted by molar-refractivity contribution is -0.153. The lowest BCUT2D eigenvalue weighted by atomic mass is 10.2. The quantitative estimate of drug-likeness (QED) is 0.525. The maximum atomic E-state index is 12.0. The lowest BCUT2D eigenvalue weighted by Crippen LogP contribution is -2.31. The van der Waals surface area contributed by atoms with E-state index in [0.29, 0.717) is 12.3 Å². The number of likely N-dealkylation sites (N-methyl/N-ethyl adjacent to an activating group) is 1. The number of aromatic nitrogens is 1. The number of amides is 1. The Morgan fingerprint density at radius 1 is 1.24 bits per heavy atom. The van der Waals surface area contributed by atoms with E-state index in [2.05, 4.69) is 5.16 Å². The maximum absolute atomic E-state index is 12.0. The third-order valence-corrected chi connectivity index (χ3v) is 4.05. The third-order valence-electron chi connectivity index (χ3n) is 3.31. The maximum Gasteiger partial charge on any atom is 0.344 e. The van der Waals surface area contributed by atoms with E-state index in [9.17, 15) is 9.59 Å². The van der Waals surface area contributed by atoms with Crippen molar-refractivity contribution in [2.24, 2.45) is 0 Å². The Balaban J connectivity index is 1.71. The van der Waals surface area contributed by atoms with Gasteiger partial charge in [0.05, 0.1) is 0 Å². The molecule has 25 heavy (non-hydrogen) atoms. The predicted octanol–water partition coefficient (Wildman–Crippen LogP) is 2.29. The van der Waals surface area contributed by atoms with Gasteiger partial charge in [-0.05, 0) is 36.0 Å². The highest BCUT2D eigenvalue weighted by molar-refractivity contribution is 7.98. The first-order valence-corrected chi connectivity index (χ1v) is 8.79. The van der Waals surface area contributed by atoms with Gasteiger partial charge in [0.15, 0.2) is 13.2 Å². The molecule has 2 aromatic rings. The molecule has 2 rings (SSSR count). The highest BCUT2D eigenvalue weighted by atomic mass is 32.2. The topological polar surface area (TPSA) is 81.9 Å². The van der Waals surface area contributed by atoms with Crippen LogP contribution in [0.5, 0.6) is 5.88 Å². The summed E-state index contributed by atoms with van der Waals surface area (Å²) in [6.07, 6.45) is 2.01. The summed E-state index contributed by atoms with van der Waals surface area (Å²) in [7, 11) is 1.66. The summed E-state index contributed by atoms with van der Waals surface area (Å²) < 4.78 is 14.8. The number of hydrogen-bond donors (Lipinski definition) is 0. The summed E-state index contributed by atoms with van der Waals surface area (Å²) >= 11 is 1.66. The average Bonchev–Trinajstić information content (AvgIpc) is 3.03. The van der Waals surface area contributed by atoms with Crippen LogP contribution < -0.4 is 4.74 Å². The first-order valence-electron chi connectivity index (χ1n) is 7.56. The summed E-state index contributed by atoms with van der Waals surface area (Å²) in [4.78, 5) is 26.3. The van der Waals surface area contributed by atoms with Crippen molar-refractivity contribution in [3.63, 3.8) is 0 Å². The second kappa shape index (κ2) is 9.12. The SMILES string of the molecule is CSc1ccc(CN(C)C(=O)COC(=O)COc2cc(C)on2)cc1. The molecule has 0 unspecified atom stereocenters. The molecule has 0 spiro atoms. The summed E-state index contributed by atoms with van der Waals surface area (Å²) in [5.74, 6) is -0.163. The van der Waals surface area contributed by atoms with E-state index in [1.165, 1.54) is 4.90 Å². The molecule has 1 aromatic heterocycles. The molecule has 1 aromatic carbocycles. The van der Waals surface area contributed by atoms with E-state index in [0.717, 1.165) is 10.5 Å². The van der Waals surface area contributed by atoms with Gasteiger partial charge in [0, 0.05) is 24.6 Å². The smallest absolute Gasteiger partial charge is 0.344 e. The molecule has 134 valence electrons. The molecule has 0 fully saturated rings. The molecular formula is C17H20N2O5S. The summed E-state index contributed by atoms with van der Waals surface area (Å²) in [6, 6.07) is 9.49. The number of esters is 1. The number of nitrogens with zero attached hydrogens (tertiary/aromatic N) is 2. The second-order valence-corrected chi connectivity index (χ2v) is 6.20. The molecule has 0 aliphatic carbocycles. The molecule has 0 N–H and O–H groups in total. The molecule has 0 saturated heterocycles. The lowest BCUT2D eigenvalue weighted by Gasteiger charge is -2.17. The number of hydrogen-bond acceptors (Lipinski definition) is 7. The van der Waals surface area contributed by atoms with Gasteiger partial charge in [-0.1, -0.05) is 12.1 Å². The zero-order valence-corrected chi connectivity index (χ0v) is 15.2. The molecule has 1 heterocycles. The Kier molecular flexibility index (Phi) is 6.88. The van der Waals surface area contributed by atoms with Crippen molar-refractivity contribution < 1.29 is 23.6 Å². The minimum atomic E-state index is -0.647. The van der Waals surface area contributed by atoms with Crippen LogP contribution in [0, 0.1) is 6.92 Å². The van der Waals surface area contributed by atoms with E-state index in [-0.39, 0.29) is 25.0 Å². The average molecular weight is 364 g/mol. The highest BCUT2D eigenvalue weighted by Gasteiger charge is 2.13. The fourth-order valence-corrected chi connectivity index (χ4v) is 2.34. The fraction of sp³-hybridized carbons (Fsp3) is 0.353. The Labute approximate surface area is 150 Å². The van der Waals surface area contributed by atoms with E-state index in [1.54, 1.807) is 31.8 Å². The van der Waals surface area contributed by atoms with Crippen molar-refractivity contribution >= 4 is 23.6 Å². The Morgan fingerprint density at radius 2 is 1.96 bits per heavy atom. The minimum absolute atomic E-state index is 0.201. The van der Waals surface area contributed by atoms with Crippen LogP contribution in [-0.4, -0.2) is 48.5 Å². The van der Waals surface area contributed by atoms with Crippen LogP contribution >= 0.6 is 11.8 Å². The van der Waals surface area contributed by atoms with E-state index in [4.69, 9.17) is 14.0 Å². The first kappa shape index (κ1) is 18.9. The zero-order chi connectivity index (χ0) is 18.2. The number of rotatable bonds is 8. The summed E-state index contributed by atoms with van der Waals surface area (Å²) in [6.45, 7) is 1.49. The van der Waals surface area contributed by atoms with Crippen LogP contribution in [0.3, 0.4) is 0 Å². The monoisotopic (exact) mass is 364 g/mol. The predicted molar refractivity (Wildman–Crippen MR) is 92.4 cm³/mol. The normalized spacial score (nSPS) is 10.4. The van der Waals surface area contributed by atoms with Crippen LogP contribution in [0.25, 0.3) is 0 Å². The third kappa shape index (κ3) is 6.15. The number of thioether (sulfide) groups is 1. The molecule has 7 nitrogen and oxygen atoms in total. The minimum Gasteiger partial charge on any atom is -0.463 e. The van der Waals surface area contributed by atoms with Gasteiger partial charge in [-0.3, -0.25) is 4.79 Å². The van der Waals surface area contributed by atoms with Gasteiger partial charge in [0.25, 0.3) is 11.8 Å². The van der Waals surface area contributed by atoms with Crippen LogP contribution in [0.4, 0.5) is 0 Å². The van der Waals surface area contributed by atoms with Gasteiger partial charge in [0.1, 0.15) is 5.76 Å². The number of benzene rings is 1. The summed E-state index contributed by atoms with van der Waals surface area (Å²) in [5, 5.41) is 3.59. The molecule has 0 aliphatic heterocycles. The Bertz CT molecular complexity index is 714. The van der Waals surface area contributed by atoms with Gasteiger partial charge in [-0.25, -0.2) is 4.79 Å². The van der Waals surface area contributed by atoms with Gasteiger partial charge in [0.2, 0.25) is 0 Å². The van der Waals surface area contributed by atoms with E-state index < -0.39 is 5.97 Å². The summed E-state index contributed by atoms with van der Waals surface area (Å²) in [5.41, 5.74) is 1.00. The number of ether oxygens (including phenoxy) is 2. The van der Waals surface area contributed by atoms with Crippen molar-refractivity contribution in [2.45, 2.75) is 18.4 Å². The van der Waals surface area contributed by atoms with Crippen molar-refractivity contribution in [1.82, 2.24) is 10.1 Å². The molecule has 0 bridgehead atoms. The van der Waals surface area contributed by atoms with Crippen LogP contribution in [-0.2, 0) is 20.9 Å².